The van der Waals surface area contributed by atoms with Crippen LogP contribution in [0.25, 0.3) is 0 Å². The monoisotopic (exact) mass is 273 g/mol. The van der Waals surface area contributed by atoms with Crippen LogP contribution >= 0.6 is 11.3 Å². The van der Waals surface area contributed by atoms with E-state index in [4.69, 9.17) is 5.26 Å². The van der Waals surface area contributed by atoms with E-state index in [0.29, 0.717) is 0 Å². The average Bonchev–Trinajstić information content (AvgIpc) is 2.98. The fourth-order valence-corrected chi connectivity index (χ4v) is 3.14. The summed E-state index contributed by atoms with van der Waals surface area (Å²) in [6.45, 7) is 5.95. The molecule has 0 fully saturated rings. The number of hydrogen-bond donors (Lipinski definition) is 1. The van der Waals surface area contributed by atoms with Crippen molar-refractivity contribution in [1.29, 1.82) is 5.26 Å². The van der Waals surface area contributed by atoms with Crippen LogP contribution in [0, 0.1) is 18.3 Å². The Balaban J connectivity index is 1.99. The zero-order valence-electron chi connectivity index (χ0n) is 11.7. The van der Waals surface area contributed by atoms with Gasteiger partial charge in [-0.25, -0.2) is 0 Å². The number of aromatic nitrogens is 1. The largest absolute Gasteiger partial charge is 0.340 e. The molecule has 0 atom stereocenters. The summed E-state index contributed by atoms with van der Waals surface area (Å²) < 4.78 is 1.94. The summed E-state index contributed by atoms with van der Waals surface area (Å²) in [7, 11) is 1.94. The van der Waals surface area contributed by atoms with Crippen LogP contribution in [0.15, 0.2) is 17.5 Å². The van der Waals surface area contributed by atoms with Gasteiger partial charge in [-0.3, -0.25) is 0 Å². The van der Waals surface area contributed by atoms with Gasteiger partial charge in [-0.15, -0.1) is 11.3 Å². The third-order valence-electron chi connectivity index (χ3n) is 3.57. The number of aryl methyl sites for hydroxylation is 1. The Morgan fingerprint density at radius 2 is 2.16 bits per heavy atom. The molecule has 0 aliphatic heterocycles. The first-order chi connectivity index (χ1) is 9.17. The first-order valence-corrected chi connectivity index (χ1v) is 7.36. The van der Waals surface area contributed by atoms with Gasteiger partial charge < -0.3 is 9.88 Å². The number of nitrogens with zero attached hydrogens (tertiary/aromatic N) is 2. The molecule has 0 aromatic carbocycles. The lowest BCUT2D eigenvalue weighted by molar-refractivity contribution is 0.690. The standard InChI is InChI=1S/C15H19N3S/c1-4-12-5-6-19-15(12)10-17-9-13-7-14(8-16)18(3)11(13)2/h5-7,17H,4,9-10H2,1-3H3. The second-order valence-electron chi connectivity index (χ2n) is 4.64. The van der Waals surface area contributed by atoms with Gasteiger partial charge in [0.1, 0.15) is 11.8 Å². The minimum atomic E-state index is 0.722. The molecule has 0 radical (unpaired) electrons. The number of nitriles is 1. The lowest BCUT2D eigenvalue weighted by Crippen LogP contribution is -2.13. The maximum atomic E-state index is 9.01. The van der Waals surface area contributed by atoms with Gasteiger partial charge >= 0.3 is 0 Å². The molecular formula is C15H19N3S. The molecule has 0 aliphatic rings. The lowest BCUT2D eigenvalue weighted by Gasteiger charge is -2.05. The smallest absolute Gasteiger partial charge is 0.120 e. The summed E-state index contributed by atoms with van der Waals surface area (Å²) in [5.41, 5.74) is 4.51. The summed E-state index contributed by atoms with van der Waals surface area (Å²) >= 11 is 1.81. The fourth-order valence-electron chi connectivity index (χ4n) is 2.20. The van der Waals surface area contributed by atoms with Crippen LogP contribution in [0.3, 0.4) is 0 Å². The molecule has 0 amide bonds. The van der Waals surface area contributed by atoms with Crippen molar-refractivity contribution < 1.29 is 0 Å². The molecular weight excluding hydrogens is 254 g/mol. The number of hydrogen-bond acceptors (Lipinski definition) is 3. The summed E-state index contributed by atoms with van der Waals surface area (Å²) in [6, 6.07) is 6.38. The van der Waals surface area contributed by atoms with Gasteiger partial charge in [0, 0.05) is 30.7 Å². The Morgan fingerprint density at radius 1 is 1.37 bits per heavy atom. The van der Waals surface area contributed by atoms with E-state index in [1.165, 1.54) is 16.0 Å². The topological polar surface area (TPSA) is 40.8 Å². The minimum Gasteiger partial charge on any atom is -0.340 e. The molecule has 0 unspecified atom stereocenters. The predicted octanol–water partition coefficient (Wildman–Crippen LogP) is 3.12. The third-order valence-corrected chi connectivity index (χ3v) is 4.54. The Kier molecular flexibility index (Phi) is 4.41. The number of rotatable bonds is 5. The quantitative estimate of drug-likeness (QED) is 0.909. The highest BCUT2D eigenvalue weighted by Gasteiger charge is 2.08. The summed E-state index contributed by atoms with van der Waals surface area (Å²) in [5, 5.41) is 14.6. The van der Waals surface area contributed by atoms with E-state index in [0.717, 1.165) is 30.9 Å². The van der Waals surface area contributed by atoms with Crippen molar-refractivity contribution in [2.75, 3.05) is 0 Å². The molecule has 0 aliphatic carbocycles. The van der Waals surface area contributed by atoms with Gasteiger partial charge in [-0.2, -0.15) is 5.26 Å². The molecule has 0 bridgehead atoms. The van der Waals surface area contributed by atoms with Crippen molar-refractivity contribution in [3.63, 3.8) is 0 Å². The average molecular weight is 273 g/mol. The molecule has 2 aromatic rings. The van der Waals surface area contributed by atoms with Gasteiger partial charge in [0.05, 0.1) is 0 Å². The van der Waals surface area contributed by atoms with E-state index < -0.39 is 0 Å². The Bertz CT molecular complexity index is 601. The van der Waals surface area contributed by atoms with Gasteiger partial charge in [0.15, 0.2) is 0 Å². The van der Waals surface area contributed by atoms with Crippen molar-refractivity contribution in [2.45, 2.75) is 33.4 Å². The van der Waals surface area contributed by atoms with Gasteiger partial charge in [-0.05, 0) is 42.0 Å². The van der Waals surface area contributed by atoms with Crippen LogP contribution in [0.2, 0.25) is 0 Å². The van der Waals surface area contributed by atoms with E-state index in [9.17, 15) is 0 Å². The zero-order chi connectivity index (χ0) is 13.8. The summed E-state index contributed by atoms with van der Waals surface area (Å²) in [6.07, 6.45) is 1.09. The van der Waals surface area contributed by atoms with E-state index in [-0.39, 0.29) is 0 Å². The highest BCUT2D eigenvalue weighted by atomic mass is 32.1. The van der Waals surface area contributed by atoms with Crippen molar-refractivity contribution in [3.8, 4) is 6.07 Å². The molecule has 0 spiro atoms. The molecule has 1 N–H and O–H groups in total. The van der Waals surface area contributed by atoms with E-state index in [1.54, 1.807) is 11.3 Å². The van der Waals surface area contributed by atoms with E-state index in [1.807, 2.05) is 17.7 Å². The Labute approximate surface area is 118 Å². The fraction of sp³-hybridized carbons (Fsp3) is 0.400. The lowest BCUT2D eigenvalue weighted by atomic mass is 10.2. The van der Waals surface area contributed by atoms with Crippen molar-refractivity contribution in [2.24, 2.45) is 7.05 Å². The SMILES string of the molecule is CCc1ccsc1CNCc1cc(C#N)n(C)c1C. The minimum absolute atomic E-state index is 0.722. The molecule has 0 saturated heterocycles. The van der Waals surface area contributed by atoms with E-state index >= 15 is 0 Å². The molecule has 2 heterocycles. The number of nitrogens with one attached hydrogen (secondary N) is 1. The van der Waals surface area contributed by atoms with Crippen LogP contribution in [0.5, 0.6) is 0 Å². The van der Waals surface area contributed by atoms with Crippen molar-refractivity contribution >= 4 is 11.3 Å². The first kappa shape index (κ1) is 13.9. The van der Waals surface area contributed by atoms with Gasteiger partial charge in [-0.1, -0.05) is 6.92 Å². The van der Waals surface area contributed by atoms with Crippen LogP contribution in [0.4, 0.5) is 0 Å². The zero-order valence-corrected chi connectivity index (χ0v) is 12.5. The van der Waals surface area contributed by atoms with Crippen molar-refractivity contribution in [1.82, 2.24) is 9.88 Å². The summed E-state index contributed by atoms with van der Waals surface area (Å²) in [5.74, 6) is 0. The van der Waals surface area contributed by atoms with Crippen LogP contribution < -0.4 is 5.32 Å². The second kappa shape index (κ2) is 6.05. The van der Waals surface area contributed by atoms with E-state index in [2.05, 4.69) is 36.7 Å². The van der Waals surface area contributed by atoms with Gasteiger partial charge in [0.2, 0.25) is 0 Å². The third kappa shape index (κ3) is 2.89. The highest BCUT2D eigenvalue weighted by molar-refractivity contribution is 7.10. The maximum absolute atomic E-state index is 9.01. The predicted molar refractivity (Wildman–Crippen MR) is 79.1 cm³/mol. The second-order valence-corrected chi connectivity index (χ2v) is 5.64. The van der Waals surface area contributed by atoms with Crippen molar-refractivity contribution in [3.05, 3.63) is 44.9 Å². The Morgan fingerprint density at radius 3 is 2.79 bits per heavy atom. The van der Waals surface area contributed by atoms with Gasteiger partial charge in [0.25, 0.3) is 0 Å². The highest BCUT2D eigenvalue weighted by Crippen LogP contribution is 2.18. The number of thiophene rings is 1. The molecule has 4 heteroatoms. The summed E-state index contributed by atoms with van der Waals surface area (Å²) in [4.78, 5) is 1.41. The molecule has 2 aromatic heterocycles. The molecule has 3 nitrogen and oxygen atoms in total. The van der Waals surface area contributed by atoms with Crippen LogP contribution in [-0.2, 0) is 26.6 Å². The maximum Gasteiger partial charge on any atom is 0.120 e. The Hall–Kier alpha value is -1.57. The molecule has 100 valence electrons. The van der Waals surface area contributed by atoms with Crippen LogP contribution in [-0.4, -0.2) is 4.57 Å². The molecule has 0 saturated carbocycles. The van der Waals surface area contributed by atoms with Crippen LogP contribution in [0.1, 0.15) is 34.3 Å². The molecule has 19 heavy (non-hydrogen) atoms. The first-order valence-electron chi connectivity index (χ1n) is 6.48. The molecule has 2 rings (SSSR count). The normalized spacial score (nSPS) is 10.6.